The molecular weight excluding hydrogens is 410 g/mol. The molecule has 0 saturated heterocycles. The summed E-state index contributed by atoms with van der Waals surface area (Å²) in [5.74, 6) is -0.603. The Labute approximate surface area is 182 Å². The molecule has 5 rings (SSSR count). The predicted molar refractivity (Wildman–Crippen MR) is 114 cm³/mol. The number of hydrogen-bond donors (Lipinski definition) is 2. The van der Waals surface area contributed by atoms with Gasteiger partial charge in [-0.1, -0.05) is 24.3 Å². The summed E-state index contributed by atoms with van der Waals surface area (Å²) in [6.07, 6.45) is 7.24. The standard InChI is InChI=1S/C22H19N7O3/c1-28-11-15(10-25-28)29-22(32)17(7-18(27-29)14-8-23-12-24-9-14)21(31)26-20-16-5-3-2-4-13(16)6-19(20)30/h2-5,7-12,19-20,30H,6H2,1H3,(H,26,31)/t19-,20+/m1/s1. The van der Waals surface area contributed by atoms with Crippen LogP contribution in [0.2, 0.25) is 0 Å². The van der Waals surface area contributed by atoms with Crippen molar-refractivity contribution in [3.05, 3.63) is 88.5 Å². The number of rotatable bonds is 4. The molecule has 2 N–H and O–H groups in total. The molecule has 0 fully saturated rings. The Morgan fingerprint density at radius 2 is 1.97 bits per heavy atom. The van der Waals surface area contributed by atoms with E-state index < -0.39 is 23.6 Å². The van der Waals surface area contributed by atoms with Gasteiger partial charge >= 0.3 is 0 Å². The average molecular weight is 429 g/mol. The van der Waals surface area contributed by atoms with Gasteiger partial charge in [0.25, 0.3) is 11.5 Å². The molecule has 1 aliphatic carbocycles. The van der Waals surface area contributed by atoms with Gasteiger partial charge in [-0.15, -0.1) is 0 Å². The zero-order chi connectivity index (χ0) is 22.2. The van der Waals surface area contributed by atoms with Crippen LogP contribution in [0, 0.1) is 0 Å². The minimum absolute atomic E-state index is 0.112. The zero-order valence-corrected chi connectivity index (χ0v) is 17.1. The largest absolute Gasteiger partial charge is 0.390 e. The topological polar surface area (TPSA) is 128 Å². The third kappa shape index (κ3) is 3.46. The van der Waals surface area contributed by atoms with Crippen LogP contribution in [0.5, 0.6) is 0 Å². The normalized spacial score (nSPS) is 17.2. The molecule has 3 aromatic heterocycles. The molecule has 160 valence electrons. The second-order valence-electron chi connectivity index (χ2n) is 7.58. The lowest BCUT2D eigenvalue weighted by Crippen LogP contribution is -2.38. The van der Waals surface area contributed by atoms with Crippen molar-refractivity contribution in [2.75, 3.05) is 0 Å². The number of nitrogens with one attached hydrogen (secondary N) is 1. The molecule has 4 aromatic rings. The van der Waals surface area contributed by atoms with Crippen LogP contribution in [0.1, 0.15) is 27.5 Å². The summed E-state index contributed by atoms with van der Waals surface area (Å²) in [5, 5.41) is 21.8. The number of hydrogen-bond acceptors (Lipinski definition) is 7. The molecule has 1 amide bonds. The van der Waals surface area contributed by atoms with E-state index in [9.17, 15) is 14.7 Å². The van der Waals surface area contributed by atoms with Crippen LogP contribution in [0.3, 0.4) is 0 Å². The van der Waals surface area contributed by atoms with E-state index in [0.29, 0.717) is 23.4 Å². The van der Waals surface area contributed by atoms with E-state index >= 15 is 0 Å². The number of carbonyl (C=O) groups excluding carboxylic acids is 1. The van der Waals surface area contributed by atoms with Crippen molar-refractivity contribution in [1.82, 2.24) is 34.8 Å². The van der Waals surface area contributed by atoms with Crippen molar-refractivity contribution in [2.45, 2.75) is 18.6 Å². The third-order valence-electron chi connectivity index (χ3n) is 5.44. The van der Waals surface area contributed by atoms with Gasteiger partial charge < -0.3 is 10.4 Å². The van der Waals surface area contributed by atoms with Crippen LogP contribution in [0.25, 0.3) is 16.9 Å². The first-order valence-electron chi connectivity index (χ1n) is 9.97. The molecule has 0 bridgehead atoms. The first-order chi connectivity index (χ1) is 15.5. The van der Waals surface area contributed by atoms with Crippen LogP contribution in [0.4, 0.5) is 0 Å². The molecule has 10 nitrogen and oxygen atoms in total. The van der Waals surface area contributed by atoms with E-state index in [1.165, 1.54) is 23.3 Å². The molecule has 3 heterocycles. The summed E-state index contributed by atoms with van der Waals surface area (Å²) in [4.78, 5) is 34.4. The third-order valence-corrected chi connectivity index (χ3v) is 5.44. The average Bonchev–Trinajstić information content (AvgIpc) is 3.37. The number of aryl methyl sites for hydroxylation is 1. The van der Waals surface area contributed by atoms with E-state index in [2.05, 4.69) is 25.5 Å². The molecule has 0 radical (unpaired) electrons. The Hall–Kier alpha value is -4.18. The molecule has 0 unspecified atom stereocenters. The van der Waals surface area contributed by atoms with Crippen LogP contribution >= 0.6 is 0 Å². The first kappa shape index (κ1) is 19.8. The number of aliphatic hydroxyl groups excluding tert-OH is 1. The van der Waals surface area contributed by atoms with Gasteiger partial charge in [-0.05, 0) is 17.2 Å². The number of nitrogens with zero attached hydrogens (tertiary/aromatic N) is 6. The molecule has 1 aliphatic rings. The van der Waals surface area contributed by atoms with E-state index in [1.807, 2.05) is 24.3 Å². The summed E-state index contributed by atoms with van der Waals surface area (Å²) >= 11 is 0. The number of fused-ring (bicyclic) bond motifs is 1. The Bertz CT molecular complexity index is 1360. The second-order valence-corrected chi connectivity index (χ2v) is 7.58. The predicted octanol–water partition coefficient (Wildman–Crippen LogP) is 0.811. The highest BCUT2D eigenvalue weighted by atomic mass is 16.3. The highest BCUT2D eigenvalue weighted by Gasteiger charge is 2.33. The number of aromatic nitrogens is 6. The van der Waals surface area contributed by atoms with Crippen LogP contribution in [-0.2, 0) is 13.5 Å². The van der Waals surface area contributed by atoms with Crippen molar-refractivity contribution in [3.8, 4) is 16.9 Å². The molecule has 0 saturated carbocycles. The maximum Gasteiger partial charge on any atom is 0.284 e. The number of benzene rings is 1. The highest BCUT2D eigenvalue weighted by molar-refractivity contribution is 5.95. The number of amides is 1. The van der Waals surface area contributed by atoms with E-state index in [0.717, 1.165) is 15.8 Å². The van der Waals surface area contributed by atoms with Crippen LogP contribution < -0.4 is 10.9 Å². The summed E-state index contributed by atoms with van der Waals surface area (Å²) in [6.45, 7) is 0. The van der Waals surface area contributed by atoms with Crippen molar-refractivity contribution in [3.63, 3.8) is 0 Å². The minimum atomic E-state index is -0.777. The molecule has 2 atom stereocenters. The number of carbonyl (C=O) groups is 1. The van der Waals surface area contributed by atoms with Gasteiger partial charge in [-0.2, -0.15) is 14.9 Å². The number of aliphatic hydroxyl groups is 1. The first-order valence-corrected chi connectivity index (χ1v) is 9.97. The monoisotopic (exact) mass is 429 g/mol. The fourth-order valence-corrected chi connectivity index (χ4v) is 3.89. The van der Waals surface area contributed by atoms with Crippen LogP contribution in [0.15, 0.2) is 66.2 Å². The molecule has 10 heteroatoms. The molecule has 0 aliphatic heterocycles. The van der Waals surface area contributed by atoms with Gasteiger partial charge in [0.05, 0.1) is 30.2 Å². The van der Waals surface area contributed by atoms with Gasteiger partial charge in [-0.25, -0.2) is 9.97 Å². The van der Waals surface area contributed by atoms with Crippen LogP contribution in [-0.4, -0.2) is 46.6 Å². The smallest absolute Gasteiger partial charge is 0.284 e. The van der Waals surface area contributed by atoms with E-state index in [-0.39, 0.29) is 5.56 Å². The van der Waals surface area contributed by atoms with Gasteiger partial charge in [0.1, 0.15) is 17.6 Å². The fourth-order valence-electron chi connectivity index (χ4n) is 3.89. The van der Waals surface area contributed by atoms with Crippen molar-refractivity contribution >= 4 is 5.91 Å². The molecule has 0 spiro atoms. The van der Waals surface area contributed by atoms with E-state index in [4.69, 9.17) is 0 Å². The Morgan fingerprint density at radius 1 is 1.19 bits per heavy atom. The Balaban J connectivity index is 1.58. The lowest BCUT2D eigenvalue weighted by atomic mass is 10.1. The lowest BCUT2D eigenvalue weighted by molar-refractivity contribution is 0.0856. The van der Waals surface area contributed by atoms with Crippen molar-refractivity contribution in [1.29, 1.82) is 0 Å². The SMILES string of the molecule is Cn1cc(-n2nc(-c3cncnc3)cc(C(=O)N[C@H]3c4ccccc4C[C@H]3O)c2=O)cn1. The Morgan fingerprint density at radius 3 is 2.72 bits per heavy atom. The summed E-state index contributed by atoms with van der Waals surface area (Å²) in [6, 6.07) is 8.33. The molecular formula is C22H19N7O3. The Kier molecular flexibility index (Phi) is 4.83. The van der Waals surface area contributed by atoms with Crippen molar-refractivity contribution < 1.29 is 9.90 Å². The van der Waals surface area contributed by atoms with Gasteiger partial charge in [0, 0.05) is 31.4 Å². The van der Waals surface area contributed by atoms with Crippen molar-refractivity contribution in [2.24, 2.45) is 7.05 Å². The van der Waals surface area contributed by atoms with Gasteiger partial charge in [0.15, 0.2) is 0 Å². The minimum Gasteiger partial charge on any atom is -0.390 e. The quantitative estimate of drug-likeness (QED) is 0.491. The van der Waals surface area contributed by atoms with Gasteiger partial charge in [0.2, 0.25) is 0 Å². The van der Waals surface area contributed by atoms with Gasteiger partial charge in [-0.3, -0.25) is 14.3 Å². The summed E-state index contributed by atoms with van der Waals surface area (Å²) in [5.41, 5.74) is 2.41. The zero-order valence-electron chi connectivity index (χ0n) is 17.1. The maximum absolute atomic E-state index is 13.2. The highest BCUT2D eigenvalue weighted by Crippen LogP contribution is 2.31. The molecule has 32 heavy (non-hydrogen) atoms. The fraction of sp³-hybridized carbons (Fsp3) is 0.182. The maximum atomic E-state index is 13.2. The van der Waals surface area contributed by atoms with E-state index in [1.54, 1.807) is 25.6 Å². The summed E-state index contributed by atoms with van der Waals surface area (Å²) < 4.78 is 2.66. The second kappa shape index (κ2) is 7.82. The molecule has 1 aromatic carbocycles. The lowest BCUT2D eigenvalue weighted by Gasteiger charge is -2.18. The summed E-state index contributed by atoms with van der Waals surface area (Å²) in [7, 11) is 1.72.